The smallest absolute Gasteiger partial charge is 1.00 e. The summed E-state index contributed by atoms with van der Waals surface area (Å²) in [5.41, 5.74) is 5.34. The second-order valence-corrected chi connectivity index (χ2v) is 4.66. The molecule has 0 aliphatic rings. The van der Waals surface area contributed by atoms with Crippen LogP contribution in [0, 0.1) is 13.8 Å². The summed E-state index contributed by atoms with van der Waals surface area (Å²) in [7, 11) is 0. The summed E-state index contributed by atoms with van der Waals surface area (Å²) in [6.07, 6.45) is 0. The largest absolute Gasteiger partial charge is 3.00 e. The van der Waals surface area contributed by atoms with Gasteiger partial charge >= 0.3 is 26.2 Å². The Morgan fingerprint density at radius 3 is 2.15 bits per heavy atom. The van der Waals surface area contributed by atoms with Crippen molar-refractivity contribution in [1.29, 1.82) is 0 Å². The molecule has 3 heteroatoms. The van der Waals surface area contributed by atoms with E-state index in [1.54, 1.807) is 0 Å². The molecule has 0 nitrogen and oxygen atoms in total. The Kier molecular flexibility index (Phi) is 7.88. The van der Waals surface area contributed by atoms with Crippen molar-refractivity contribution in [1.82, 2.24) is 0 Å². The average molecular weight is 381 g/mol. The van der Waals surface area contributed by atoms with Gasteiger partial charge in [-0.2, -0.15) is 6.07 Å². The molecule has 3 aromatic rings. The number of fused-ring (bicyclic) bond motifs is 1. The minimum Gasteiger partial charge on any atom is -1.00 e. The Morgan fingerprint density at radius 1 is 0.800 bits per heavy atom. The second-order valence-electron chi connectivity index (χ2n) is 4.66. The van der Waals surface area contributed by atoms with Crippen molar-refractivity contribution < 1.29 is 51.0 Å². The Balaban J connectivity index is 0.00000120. The zero-order chi connectivity index (χ0) is 11.8. The van der Waals surface area contributed by atoms with E-state index in [-0.39, 0.29) is 51.0 Å². The van der Waals surface area contributed by atoms with E-state index in [1.807, 2.05) is 0 Å². The maximum absolute atomic E-state index is 2.27. The molecular weight excluding hydrogens is 366 g/mol. The number of benzene rings is 2. The first kappa shape index (κ1) is 19.5. The minimum absolute atomic E-state index is 0. The number of hydrogen-bond acceptors (Lipinski definition) is 0. The van der Waals surface area contributed by atoms with Crippen molar-refractivity contribution in [2.24, 2.45) is 0 Å². The van der Waals surface area contributed by atoms with Crippen molar-refractivity contribution in [3.05, 3.63) is 65.7 Å². The first-order valence-electron chi connectivity index (χ1n) is 5.98. The van der Waals surface area contributed by atoms with Crippen molar-refractivity contribution >= 4 is 10.8 Å². The number of rotatable bonds is 1. The summed E-state index contributed by atoms with van der Waals surface area (Å²) in [5.74, 6) is 0. The van der Waals surface area contributed by atoms with E-state index in [1.165, 1.54) is 33.0 Å². The van der Waals surface area contributed by atoms with Gasteiger partial charge in [0.05, 0.1) is 0 Å². The minimum atomic E-state index is 0. The van der Waals surface area contributed by atoms with Gasteiger partial charge in [0.15, 0.2) is 0 Å². The van der Waals surface area contributed by atoms with Crippen molar-refractivity contribution in [3.8, 4) is 11.1 Å². The average Bonchev–Trinajstić information content (AvgIpc) is 2.70. The van der Waals surface area contributed by atoms with Crippen LogP contribution < -0.4 is 24.8 Å². The van der Waals surface area contributed by atoms with E-state index < -0.39 is 0 Å². The van der Waals surface area contributed by atoms with E-state index in [4.69, 9.17) is 0 Å². The predicted molar refractivity (Wildman–Crippen MR) is 74.5 cm³/mol. The molecule has 0 spiro atoms. The normalized spacial score (nSPS) is 9.30. The molecule has 1 radical (unpaired) electrons. The molecule has 0 bridgehead atoms. The Labute approximate surface area is 151 Å². The summed E-state index contributed by atoms with van der Waals surface area (Å²) < 4.78 is 0. The van der Waals surface area contributed by atoms with Crippen LogP contribution in [0.1, 0.15) is 11.1 Å². The third-order valence-corrected chi connectivity index (χ3v) is 3.33. The first-order valence-corrected chi connectivity index (χ1v) is 5.98. The Morgan fingerprint density at radius 2 is 1.45 bits per heavy atom. The van der Waals surface area contributed by atoms with Gasteiger partial charge in [0, 0.05) is 0 Å². The Hall–Kier alpha value is -0.487. The third-order valence-electron chi connectivity index (χ3n) is 3.33. The fraction of sp³-hybridized carbons (Fsp3) is 0.118. The second kappa shape index (κ2) is 8.08. The van der Waals surface area contributed by atoms with Gasteiger partial charge in [-0.05, 0) is 18.1 Å². The van der Waals surface area contributed by atoms with Crippen LogP contribution in [0.2, 0.25) is 0 Å². The van der Waals surface area contributed by atoms with Gasteiger partial charge in [-0.1, -0.05) is 42.8 Å². The molecule has 3 rings (SSSR count). The number of aryl methyl sites for hydroxylation is 2. The van der Waals surface area contributed by atoms with Crippen molar-refractivity contribution in [3.63, 3.8) is 0 Å². The molecule has 0 atom stereocenters. The SMILES string of the molecule is Cc1cc2c(-c3ccccc3C)cccc2[cH-]1.[Cl-].[Cl-].[Zr+3]. The number of hydrogen-bond donors (Lipinski definition) is 0. The molecule has 0 fully saturated rings. The van der Waals surface area contributed by atoms with Gasteiger partial charge in [0.1, 0.15) is 0 Å². The maximum Gasteiger partial charge on any atom is 3.00 e. The van der Waals surface area contributed by atoms with Gasteiger partial charge < -0.3 is 24.8 Å². The molecule has 0 saturated heterocycles. The van der Waals surface area contributed by atoms with Crippen LogP contribution in [-0.2, 0) is 26.2 Å². The standard InChI is InChI=1S/C17H15.2ClH.Zr/c1-12-10-14-7-5-9-16(17(14)11-12)15-8-4-3-6-13(15)2;;;/h3-11H,1-2H3;2*1H;/q-1;;;+3/p-2. The molecule has 0 N–H and O–H groups in total. The first-order chi connectivity index (χ1) is 8.25. The van der Waals surface area contributed by atoms with Crippen LogP contribution in [0.3, 0.4) is 0 Å². The fourth-order valence-electron chi connectivity index (χ4n) is 2.49. The van der Waals surface area contributed by atoms with E-state index in [0.29, 0.717) is 0 Å². The zero-order valence-corrected chi connectivity index (χ0v) is 15.4. The summed E-state index contributed by atoms with van der Waals surface area (Å²) in [4.78, 5) is 0. The zero-order valence-electron chi connectivity index (χ0n) is 11.5. The summed E-state index contributed by atoms with van der Waals surface area (Å²) in [5, 5.41) is 2.70. The van der Waals surface area contributed by atoms with E-state index >= 15 is 0 Å². The monoisotopic (exact) mass is 379 g/mol. The molecule has 0 amide bonds. The molecule has 20 heavy (non-hydrogen) atoms. The van der Waals surface area contributed by atoms with Crippen molar-refractivity contribution in [2.75, 3.05) is 0 Å². The van der Waals surface area contributed by atoms with E-state index in [0.717, 1.165) is 0 Å². The van der Waals surface area contributed by atoms with E-state index in [2.05, 4.69) is 68.4 Å². The number of halogens is 2. The van der Waals surface area contributed by atoms with Gasteiger partial charge in [0.2, 0.25) is 0 Å². The molecule has 101 valence electrons. The molecule has 0 aromatic heterocycles. The summed E-state index contributed by atoms with van der Waals surface area (Å²) >= 11 is 0. The molecule has 0 heterocycles. The van der Waals surface area contributed by atoms with Gasteiger partial charge in [-0.15, -0.1) is 34.5 Å². The van der Waals surface area contributed by atoms with E-state index in [9.17, 15) is 0 Å². The van der Waals surface area contributed by atoms with Gasteiger partial charge in [0.25, 0.3) is 0 Å². The summed E-state index contributed by atoms with van der Waals surface area (Å²) in [6.45, 7) is 4.32. The van der Waals surface area contributed by atoms with Gasteiger partial charge in [-0.25, -0.2) is 0 Å². The van der Waals surface area contributed by atoms with Crippen LogP contribution in [0.15, 0.2) is 54.6 Å². The van der Waals surface area contributed by atoms with Gasteiger partial charge in [-0.3, -0.25) is 0 Å². The molecule has 0 unspecified atom stereocenters. The van der Waals surface area contributed by atoms with Crippen LogP contribution in [0.4, 0.5) is 0 Å². The predicted octanol–water partition coefficient (Wildman–Crippen LogP) is -1.15. The van der Waals surface area contributed by atoms with Crippen molar-refractivity contribution in [2.45, 2.75) is 13.8 Å². The molecule has 0 saturated carbocycles. The molecule has 0 aliphatic heterocycles. The van der Waals surface area contributed by atoms with Crippen LogP contribution >= 0.6 is 0 Å². The van der Waals surface area contributed by atoms with Crippen LogP contribution in [0.5, 0.6) is 0 Å². The quantitative estimate of drug-likeness (QED) is 0.467. The molecule has 3 aromatic carbocycles. The Bertz CT molecular complexity index is 686. The van der Waals surface area contributed by atoms with Crippen LogP contribution in [0.25, 0.3) is 21.9 Å². The van der Waals surface area contributed by atoms with Crippen LogP contribution in [-0.4, -0.2) is 0 Å². The molecular formula is C17H15Cl2Zr. The molecule has 0 aliphatic carbocycles. The fourth-order valence-corrected chi connectivity index (χ4v) is 2.49. The summed E-state index contributed by atoms with van der Waals surface area (Å²) in [6, 6.07) is 19.6. The topological polar surface area (TPSA) is 0 Å². The maximum atomic E-state index is 2.27. The third kappa shape index (κ3) is 3.58.